The maximum atomic E-state index is 12.3. The molecule has 2 unspecified atom stereocenters. The van der Waals surface area contributed by atoms with Crippen molar-refractivity contribution in [2.24, 2.45) is 11.8 Å². The first-order valence-corrected chi connectivity index (χ1v) is 8.83. The van der Waals surface area contributed by atoms with Crippen molar-refractivity contribution >= 4 is 24.0 Å². The number of nitrogens with one attached hydrogen (secondary N) is 2. The van der Waals surface area contributed by atoms with Gasteiger partial charge in [0.2, 0.25) is 5.91 Å². The Morgan fingerprint density at radius 3 is 2.84 bits per heavy atom. The van der Waals surface area contributed by atoms with Crippen molar-refractivity contribution in [2.45, 2.75) is 33.1 Å². The number of carbonyl (C=O) groups is 1. The van der Waals surface area contributed by atoms with E-state index in [1.165, 1.54) is 12.8 Å². The molecule has 2 N–H and O–H groups in total. The quantitative estimate of drug-likeness (QED) is 0.688. The van der Waals surface area contributed by atoms with Crippen molar-refractivity contribution in [2.75, 3.05) is 38.7 Å². The Kier molecular flexibility index (Phi) is 9.86. The molecule has 0 spiro atoms. The third kappa shape index (κ3) is 7.22. The highest BCUT2D eigenvalue weighted by molar-refractivity contribution is 5.91. The molecular weight excluding hydrogens is 340 g/mol. The summed E-state index contributed by atoms with van der Waals surface area (Å²) in [6.45, 7) is 7.37. The van der Waals surface area contributed by atoms with Gasteiger partial charge in [-0.15, -0.1) is 12.4 Å². The van der Waals surface area contributed by atoms with Gasteiger partial charge in [-0.1, -0.05) is 6.92 Å². The number of benzene rings is 1. The predicted molar refractivity (Wildman–Crippen MR) is 104 cm³/mol. The summed E-state index contributed by atoms with van der Waals surface area (Å²) in [6.07, 6.45) is 2.99. The van der Waals surface area contributed by atoms with Crippen LogP contribution in [0, 0.1) is 18.8 Å². The van der Waals surface area contributed by atoms with E-state index in [1.807, 2.05) is 25.1 Å². The van der Waals surface area contributed by atoms with Crippen LogP contribution in [0.5, 0.6) is 5.75 Å². The molecule has 2 atom stereocenters. The van der Waals surface area contributed by atoms with Crippen LogP contribution in [0.1, 0.15) is 31.7 Å². The molecule has 2 rings (SSSR count). The number of hydrogen-bond donors (Lipinski definition) is 2. The van der Waals surface area contributed by atoms with Crippen LogP contribution in [0.2, 0.25) is 0 Å². The van der Waals surface area contributed by atoms with E-state index in [9.17, 15) is 4.79 Å². The minimum atomic E-state index is 0. The van der Waals surface area contributed by atoms with Crippen molar-refractivity contribution in [3.05, 3.63) is 23.8 Å². The topological polar surface area (TPSA) is 59.6 Å². The van der Waals surface area contributed by atoms with Crippen molar-refractivity contribution in [3.8, 4) is 5.75 Å². The van der Waals surface area contributed by atoms with Crippen LogP contribution in [0.25, 0.3) is 0 Å². The second-order valence-electron chi connectivity index (χ2n) is 6.65. The molecule has 1 saturated heterocycles. The average Bonchev–Trinajstić information content (AvgIpc) is 2.58. The fourth-order valence-corrected chi connectivity index (χ4v) is 3.13. The molecule has 0 aliphatic carbocycles. The van der Waals surface area contributed by atoms with Gasteiger partial charge in [0.15, 0.2) is 0 Å². The Balaban J connectivity index is 0.00000312. The van der Waals surface area contributed by atoms with Gasteiger partial charge in [0.1, 0.15) is 12.4 Å². The van der Waals surface area contributed by atoms with Crippen LogP contribution < -0.4 is 15.4 Å². The lowest BCUT2D eigenvalue weighted by atomic mass is 9.85. The molecule has 142 valence electrons. The van der Waals surface area contributed by atoms with Gasteiger partial charge in [-0.2, -0.15) is 0 Å². The fraction of sp³-hybridized carbons (Fsp3) is 0.632. The largest absolute Gasteiger partial charge is 0.491 e. The van der Waals surface area contributed by atoms with Gasteiger partial charge >= 0.3 is 0 Å². The van der Waals surface area contributed by atoms with Gasteiger partial charge in [-0.25, -0.2) is 0 Å². The molecule has 1 fully saturated rings. The second-order valence-corrected chi connectivity index (χ2v) is 6.65. The van der Waals surface area contributed by atoms with E-state index in [0.29, 0.717) is 31.5 Å². The van der Waals surface area contributed by atoms with E-state index in [2.05, 4.69) is 17.6 Å². The highest BCUT2D eigenvalue weighted by Gasteiger charge is 2.22. The lowest BCUT2D eigenvalue weighted by molar-refractivity contribution is -0.117. The van der Waals surface area contributed by atoms with Crippen molar-refractivity contribution in [1.29, 1.82) is 0 Å². The van der Waals surface area contributed by atoms with Gasteiger partial charge in [0.25, 0.3) is 0 Å². The number of carbonyl (C=O) groups excluding carboxylic acids is 1. The van der Waals surface area contributed by atoms with Crippen molar-refractivity contribution in [3.63, 3.8) is 0 Å². The molecule has 1 amide bonds. The van der Waals surface area contributed by atoms with E-state index in [-0.39, 0.29) is 18.3 Å². The first-order chi connectivity index (χ1) is 11.6. The van der Waals surface area contributed by atoms with Crippen LogP contribution in [-0.2, 0) is 9.53 Å². The number of ether oxygens (including phenoxy) is 2. The van der Waals surface area contributed by atoms with E-state index in [1.54, 1.807) is 7.11 Å². The average molecular weight is 371 g/mol. The lowest BCUT2D eigenvalue weighted by Gasteiger charge is -2.28. The zero-order chi connectivity index (χ0) is 17.4. The van der Waals surface area contributed by atoms with Gasteiger partial charge in [-0.05, 0) is 68.5 Å². The number of aryl methyl sites for hydroxylation is 1. The lowest BCUT2D eigenvalue weighted by Crippen LogP contribution is -2.34. The first-order valence-electron chi connectivity index (χ1n) is 8.83. The number of methoxy groups -OCH3 is 1. The Hall–Kier alpha value is -1.30. The summed E-state index contributed by atoms with van der Waals surface area (Å²) in [6, 6.07) is 5.73. The van der Waals surface area contributed by atoms with Gasteiger partial charge < -0.3 is 20.1 Å². The highest BCUT2D eigenvalue weighted by atomic mass is 35.5. The molecule has 0 saturated carbocycles. The molecule has 0 aromatic heterocycles. The second kappa shape index (κ2) is 11.3. The van der Waals surface area contributed by atoms with Crippen LogP contribution >= 0.6 is 12.4 Å². The minimum Gasteiger partial charge on any atom is -0.491 e. The third-order valence-electron chi connectivity index (χ3n) is 4.68. The normalized spacial score (nSPS) is 18.1. The molecule has 0 radical (unpaired) electrons. The standard InChI is InChI=1S/C19H30N2O3.ClH/c1-14(16-5-4-8-20-13-16)12-19(22)21-18-7-6-17(11-15(18)2)24-10-9-23-3;/h6-7,11,14,16,20H,4-5,8-10,12-13H2,1-3H3,(H,21,22);1H. The molecule has 25 heavy (non-hydrogen) atoms. The molecule has 1 aromatic carbocycles. The Morgan fingerprint density at radius 1 is 1.40 bits per heavy atom. The Bertz CT molecular complexity index is 533. The zero-order valence-corrected chi connectivity index (χ0v) is 16.3. The molecule has 1 aliphatic rings. The Morgan fingerprint density at radius 2 is 2.20 bits per heavy atom. The maximum absolute atomic E-state index is 12.3. The van der Waals surface area contributed by atoms with E-state index in [0.717, 1.165) is 30.1 Å². The molecule has 0 bridgehead atoms. The van der Waals surface area contributed by atoms with Gasteiger partial charge in [-0.3, -0.25) is 4.79 Å². The number of piperidine rings is 1. The van der Waals surface area contributed by atoms with E-state index in [4.69, 9.17) is 9.47 Å². The molecule has 6 heteroatoms. The Labute approximate surface area is 157 Å². The summed E-state index contributed by atoms with van der Waals surface area (Å²) in [5.41, 5.74) is 1.86. The van der Waals surface area contributed by atoms with Crippen LogP contribution in [0.3, 0.4) is 0 Å². The number of rotatable bonds is 8. The van der Waals surface area contributed by atoms with E-state index < -0.39 is 0 Å². The fourth-order valence-electron chi connectivity index (χ4n) is 3.13. The molecule has 1 heterocycles. The van der Waals surface area contributed by atoms with Gasteiger partial charge in [0.05, 0.1) is 6.61 Å². The molecule has 1 aromatic rings. The van der Waals surface area contributed by atoms with Crippen LogP contribution in [-0.4, -0.2) is 39.3 Å². The number of hydrogen-bond acceptors (Lipinski definition) is 4. The van der Waals surface area contributed by atoms with Crippen molar-refractivity contribution in [1.82, 2.24) is 5.32 Å². The van der Waals surface area contributed by atoms with E-state index >= 15 is 0 Å². The molecule has 5 nitrogen and oxygen atoms in total. The summed E-state index contributed by atoms with van der Waals surface area (Å²) in [4.78, 5) is 12.3. The highest BCUT2D eigenvalue weighted by Crippen LogP contribution is 2.25. The monoisotopic (exact) mass is 370 g/mol. The number of halogens is 1. The van der Waals surface area contributed by atoms with Gasteiger partial charge in [0, 0.05) is 19.2 Å². The molecule has 1 aliphatic heterocycles. The zero-order valence-electron chi connectivity index (χ0n) is 15.5. The minimum absolute atomic E-state index is 0. The predicted octanol–water partition coefficient (Wildman–Crippen LogP) is 3.41. The molecular formula is C19H31ClN2O3. The summed E-state index contributed by atoms with van der Waals surface area (Å²) >= 11 is 0. The maximum Gasteiger partial charge on any atom is 0.224 e. The number of anilines is 1. The summed E-state index contributed by atoms with van der Waals surface area (Å²) < 4.78 is 10.6. The summed E-state index contributed by atoms with van der Waals surface area (Å²) in [7, 11) is 1.65. The third-order valence-corrected chi connectivity index (χ3v) is 4.68. The summed E-state index contributed by atoms with van der Waals surface area (Å²) in [5.74, 6) is 1.88. The summed E-state index contributed by atoms with van der Waals surface area (Å²) in [5, 5.41) is 6.46. The SMILES string of the molecule is COCCOc1ccc(NC(=O)CC(C)C2CCCNC2)c(C)c1.Cl. The smallest absolute Gasteiger partial charge is 0.224 e. The van der Waals surface area contributed by atoms with Crippen LogP contribution in [0.15, 0.2) is 18.2 Å². The first kappa shape index (κ1) is 21.7. The van der Waals surface area contributed by atoms with Crippen molar-refractivity contribution < 1.29 is 14.3 Å². The van der Waals surface area contributed by atoms with Crippen LogP contribution in [0.4, 0.5) is 5.69 Å². The number of amides is 1.